The minimum atomic E-state index is 0. The Hall–Kier alpha value is 2.27. The topological polar surface area (TPSA) is 35.0 Å². The molecule has 1 radical (unpaired) electrons. The van der Waals surface area contributed by atoms with Crippen molar-refractivity contribution in [3.63, 3.8) is 0 Å². The second kappa shape index (κ2) is 55.5. The van der Waals surface area contributed by atoms with Crippen LogP contribution in [0.15, 0.2) is 0 Å². The summed E-state index contributed by atoms with van der Waals surface area (Å²) in [6, 6.07) is 0. The van der Waals surface area contributed by atoms with E-state index < -0.39 is 0 Å². The largest absolute Gasteiger partial charge is 0.316 e. The Morgan fingerprint density at radius 3 is 1.00 bits per heavy atom. The van der Waals surface area contributed by atoms with Crippen LogP contribution in [-0.4, -0.2) is 58.4 Å². The van der Waals surface area contributed by atoms with E-state index in [0.29, 0.717) is 0 Å². The molecule has 0 bridgehead atoms. The summed E-state index contributed by atoms with van der Waals surface area (Å²) in [5.74, 6) is 0. The van der Waals surface area contributed by atoms with Crippen molar-refractivity contribution in [1.29, 1.82) is 0 Å². The molecule has 6 heteroatoms. The van der Waals surface area contributed by atoms with Crippen molar-refractivity contribution >= 4 is 58.4 Å². The summed E-state index contributed by atoms with van der Waals surface area (Å²) in [5.41, 5.74) is 0. The van der Waals surface area contributed by atoms with Crippen LogP contribution in [0.4, 0.5) is 4.70 Å². The van der Waals surface area contributed by atoms with Crippen molar-refractivity contribution in [2.75, 3.05) is 0 Å². The molecule has 0 saturated carbocycles. The van der Waals surface area contributed by atoms with Crippen molar-refractivity contribution < 1.29 is 21.8 Å². The van der Waals surface area contributed by atoms with Crippen molar-refractivity contribution in [2.24, 2.45) is 0 Å². The van der Waals surface area contributed by atoms with Gasteiger partial charge in [0.2, 0.25) is 0 Å². The molecule has 1 atom stereocenters. The first-order valence-electron chi connectivity index (χ1n) is 0. The fraction of sp³-hybridized carbons (Fsp3) is 0. The Kier molecular flexibility index (Phi) is 787. The van der Waals surface area contributed by atoms with Gasteiger partial charge in [0, 0.05) is 21.8 Å². The van der Waals surface area contributed by atoms with Gasteiger partial charge in [0.15, 0.2) is 17.4 Å². The van der Waals surface area contributed by atoms with Crippen LogP contribution in [0, 0.1) is 0 Å². The molecular formula is H11AlAsFFeMgN. The zero-order chi connectivity index (χ0) is 0. The standard InChI is InChI=1S/Al.AsH3.F.Fe.Mg.H3N.5H/h;1H3;;;;1H3;;;;;. The second-order valence-electron chi connectivity index (χ2n) is 0. The Labute approximate surface area is 85.4 Å². The van der Waals surface area contributed by atoms with Crippen LogP contribution >= 0.6 is 0 Å². The van der Waals surface area contributed by atoms with Gasteiger partial charge in [0.25, 0.3) is 0 Å². The molecule has 0 aromatic heterocycles. The fourth-order valence-electron chi connectivity index (χ4n) is 0. The van der Waals surface area contributed by atoms with Gasteiger partial charge in [-0.25, -0.2) is 0 Å². The van der Waals surface area contributed by atoms with Crippen LogP contribution in [-0.2, 0) is 17.1 Å². The molecule has 3 N–H and O–H groups in total. The number of hydrogen-bond donors (Lipinski definition) is 1. The predicted octanol–water partition coefficient (Wildman–Crippen LogP) is -2.70. The van der Waals surface area contributed by atoms with Crippen LogP contribution in [0.3, 0.4) is 0 Å². The molecule has 6 heavy (non-hydrogen) atoms. The summed E-state index contributed by atoms with van der Waals surface area (Å²) in [6.07, 6.45) is 0. The molecule has 0 spiro atoms. The summed E-state index contributed by atoms with van der Waals surface area (Å²) in [4.78, 5) is 0. The molecule has 0 saturated heterocycles. The van der Waals surface area contributed by atoms with Gasteiger partial charge in [0.05, 0.1) is 0 Å². The molecule has 1 nitrogen and oxygen atoms in total. The molecule has 0 rings (SSSR count). The molecule has 0 aliphatic rings. The van der Waals surface area contributed by atoms with Crippen molar-refractivity contribution in [3.05, 3.63) is 0 Å². The van der Waals surface area contributed by atoms with Gasteiger partial charge in [-0.05, 0) is 0 Å². The van der Waals surface area contributed by atoms with E-state index in [0.717, 1.165) is 0 Å². The maximum Gasteiger partial charge on any atom is 0.316 e. The Balaban J connectivity index is 0. The third-order valence-electron chi connectivity index (χ3n) is 0. The maximum absolute atomic E-state index is 0. The third kappa shape index (κ3) is 33.8. The molecule has 41 valence electrons. The zero-order valence-corrected chi connectivity index (χ0v) is 6.22. The first kappa shape index (κ1) is 85.0. The van der Waals surface area contributed by atoms with Gasteiger partial charge >= 0.3 is 41.0 Å². The molecule has 0 aromatic rings. The van der Waals surface area contributed by atoms with E-state index in [9.17, 15) is 0 Å². The number of rotatable bonds is 0. The zero-order valence-electron chi connectivity index (χ0n) is 2.15. The smallest absolute Gasteiger partial charge is 0 e. The monoisotopic (exact) mass is 226 g/mol. The van der Waals surface area contributed by atoms with E-state index in [1.807, 2.05) is 0 Å². The van der Waals surface area contributed by atoms with Crippen LogP contribution < -0.4 is 6.15 Å². The fourth-order valence-corrected chi connectivity index (χ4v) is 0. The van der Waals surface area contributed by atoms with Crippen LogP contribution in [0.5, 0.6) is 0 Å². The first-order chi connectivity index (χ1) is 0. The summed E-state index contributed by atoms with van der Waals surface area (Å²) >= 11 is 0. The molecule has 0 amide bonds. The van der Waals surface area contributed by atoms with Gasteiger partial charge in [-0.3, -0.25) is 0 Å². The second-order valence-corrected chi connectivity index (χ2v) is 0. The van der Waals surface area contributed by atoms with E-state index in [4.69, 9.17) is 0 Å². The SMILES string of the molecule is N.[AlH3].[AsH3].[F].[Fe].[MgH2]. The third-order valence-corrected chi connectivity index (χ3v) is 0. The average Bonchev–Trinajstić information content (AvgIpc) is 0. The van der Waals surface area contributed by atoms with E-state index in [-0.39, 0.29) is 86.3 Å². The Morgan fingerprint density at radius 1 is 1.00 bits per heavy atom. The summed E-state index contributed by atoms with van der Waals surface area (Å²) in [5, 5.41) is 0. The van der Waals surface area contributed by atoms with Gasteiger partial charge in [0.1, 0.15) is 0 Å². The summed E-state index contributed by atoms with van der Waals surface area (Å²) in [7, 11) is 0. The number of hydrogen-bond acceptors (Lipinski definition) is 1. The normalized spacial score (nSPS) is 0. The average molecular weight is 226 g/mol. The van der Waals surface area contributed by atoms with Gasteiger partial charge in [-0.15, -0.1) is 0 Å². The van der Waals surface area contributed by atoms with Crippen molar-refractivity contribution in [1.82, 2.24) is 6.15 Å². The van der Waals surface area contributed by atoms with Crippen molar-refractivity contribution in [3.8, 4) is 0 Å². The van der Waals surface area contributed by atoms with Crippen LogP contribution in [0.25, 0.3) is 0 Å². The van der Waals surface area contributed by atoms with E-state index >= 15 is 0 Å². The maximum atomic E-state index is 0. The van der Waals surface area contributed by atoms with E-state index in [1.54, 1.807) is 0 Å². The predicted molar refractivity (Wildman–Crippen MR) is 34.6 cm³/mol. The number of halogens is 1. The summed E-state index contributed by atoms with van der Waals surface area (Å²) in [6.45, 7) is 0. The molecular weight excluding hydrogens is 215 g/mol. The molecule has 0 aromatic carbocycles. The summed E-state index contributed by atoms with van der Waals surface area (Å²) < 4.78 is 0. The van der Waals surface area contributed by atoms with Crippen LogP contribution in [0.1, 0.15) is 0 Å². The Morgan fingerprint density at radius 2 is 1.00 bits per heavy atom. The van der Waals surface area contributed by atoms with Crippen molar-refractivity contribution in [2.45, 2.75) is 0 Å². The molecule has 1 unspecified atom stereocenters. The molecule has 0 aliphatic carbocycles. The Bertz CT molecular complexity index is 15.5. The molecule has 0 aliphatic heterocycles. The van der Waals surface area contributed by atoms with Gasteiger partial charge in [-0.1, -0.05) is 0 Å². The van der Waals surface area contributed by atoms with E-state index in [1.165, 1.54) is 0 Å². The molecule has 0 fully saturated rings. The van der Waals surface area contributed by atoms with Gasteiger partial charge in [-0.2, -0.15) is 0 Å². The minimum Gasteiger partial charge on any atom is 0 e. The van der Waals surface area contributed by atoms with Gasteiger partial charge < -0.3 is 6.15 Å². The van der Waals surface area contributed by atoms with Crippen LogP contribution in [0.2, 0.25) is 0 Å². The first-order valence-corrected chi connectivity index (χ1v) is 0. The molecule has 0 heterocycles. The minimum absolute atomic E-state index is 0. The van der Waals surface area contributed by atoms with E-state index in [2.05, 4.69) is 0 Å². The quantitative estimate of drug-likeness (QED) is 0.448.